The quantitative estimate of drug-likeness (QED) is 0.692. The highest BCUT2D eigenvalue weighted by molar-refractivity contribution is 5.80. The molecule has 0 spiro atoms. The molecule has 0 unspecified atom stereocenters. The number of anilines is 1. The zero-order chi connectivity index (χ0) is 14.8. The molecule has 3 rings (SSSR count). The summed E-state index contributed by atoms with van der Waals surface area (Å²) in [6, 6.07) is 9.81. The van der Waals surface area contributed by atoms with Gasteiger partial charge in [-0.15, -0.1) is 0 Å². The molecule has 3 aromatic rings. The van der Waals surface area contributed by atoms with Crippen LogP contribution in [0.3, 0.4) is 0 Å². The van der Waals surface area contributed by atoms with E-state index in [1.165, 1.54) is 6.07 Å². The Hall–Kier alpha value is -2.47. The van der Waals surface area contributed by atoms with Crippen LogP contribution in [-0.2, 0) is 0 Å². The molecule has 0 aliphatic rings. The van der Waals surface area contributed by atoms with Crippen molar-refractivity contribution in [3.05, 3.63) is 48.0 Å². The van der Waals surface area contributed by atoms with E-state index >= 15 is 0 Å². The number of aromatic nitrogens is 2. The number of aliphatic hydroxyl groups is 1. The zero-order valence-corrected chi connectivity index (χ0v) is 11.0. The van der Waals surface area contributed by atoms with Crippen LogP contribution in [0.25, 0.3) is 22.4 Å². The van der Waals surface area contributed by atoms with Gasteiger partial charge in [-0.1, -0.05) is 0 Å². The fourth-order valence-electron chi connectivity index (χ4n) is 2.10. The van der Waals surface area contributed by atoms with E-state index in [9.17, 15) is 8.78 Å². The third-order valence-electron chi connectivity index (χ3n) is 3.14. The molecule has 1 heterocycles. The average Bonchev–Trinajstić information content (AvgIpc) is 2.94. The summed E-state index contributed by atoms with van der Waals surface area (Å²) in [5.74, 6) is -1.39. The van der Waals surface area contributed by atoms with Gasteiger partial charge in [-0.2, -0.15) is 0 Å². The number of halogens is 2. The number of aliphatic hydroxyl groups excluding tert-OH is 1. The average molecular weight is 289 g/mol. The molecular weight excluding hydrogens is 276 g/mol. The highest BCUT2D eigenvalue weighted by Crippen LogP contribution is 2.24. The number of hydrogen-bond donors (Lipinski definition) is 3. The Morgan fingerprint density at radius 3 is 2.57 bits per heavy atom. The van der Waals surface area contributed by atoms with Crippen molar-refractivity contribution in [3.63, 3.8) is 0 Å². The molecule has 21 heavy (non-hydrogen) atoms. The molecule has 1 aromatic heterocycles. The molecule has 0 fully saturated rings. The van der Waals surface area contributed by atoms with Gasteiger partial charge >= 0.3 is 0 Å². The summed E-state index contributed by atoms with van der Waals surface area (Å²) < 4.78 is 26.8. The maximum atomic E-state index is 13.6. The zero-order valence-electron chi connectivity index (χ0n) is 11.0. The number of hydrogen-bond acceptors (Lipinski definition) is 3. The molecular formula is C15H13F2N3O. The second-order valence-electron chi connectivity index (χ2n) is 4.57. The Bertz CT molecular complexity index is 768. The van der Waals surface area contributed by atoms with E-state index in [2.05, 4.69) is 15.3 Å². The van der Waals surface area contributed by atoms with Crippen molar-refractivity contribution in [2.24, 2.45) is 0 Å². The first-order valence-corrected chi connectivity index (χ1v) is 6.48. The third-order valence-corrected chi connectivity index (χ3v) is 3.14. The van der Waals surface area contributed by atoms with Gasteiger partial charge in [0, 0.05) is 17.8 Å². The molecule has 108 valence electrons. The van der Waals surface area contributed by atoms with Crippen molar-refractivity contribution in [2.45, 2.75) is 0 Å². The van der Waals surface area contributed by atoms with Crippen LogP contribution in [-0.4, -0.2) is 28.2 Å². The second-order valence-corrected chi connectivity index (χ2v) is 4.57. The normalized spacial score (nSPS) is 11.0. The maximum absolute atomic E-state index is 13.6. The Morgan fingerprint density at radius 1 is 1.10 bits per heavy atom. The fraction of sp³-hybridized carbons (Fsp3) is 0.133. The summed E-state index contributed by atoms with van der Waals surface area (Å²) in [7, 11) is 0. The molecule has 0 bridgehead atoms. The Kier molecular flexibility index (Phi) is 3.53. The Morgan fingerprint density at radius 2 is 1.86 bits per heavy atom. The molecule has 6 heteroatoms. The number of rotatable bonds is 4. The van der Waals surface area contributed by atoms with Crippen LogP contribution >= 0.6 is 0 Å². The van der Waals surface area contributed by atoms with E-state index in [0.29, 0.717) is 17.9 Å². The summed E-state index contributed by atoms with van der Waals surface area (Å²) in [5, 5.41) is 11.8. The van der Waals surface area contributed by atoms with Crippen LogP contribution in [0, 0.1) is 11.6 Å². The lowest BCUT2D eigenvalue weighted by molar-refractivity contribution is 0.311. The number of benzene rings is 2. The first-order valence-electron chi connectivity index (χ1n) is 6.48. The van der Waals surface area contributed by atoms with Gasteiger partial charge in [0.1, 0.15) is 11.3 Å². The third kappa shape index (κ3) is 2.57. The van der Waals surface area contributed by atoms with E-state index in [0.717, 1.165) is 17.3 Å². The first kappa shape index (κ1) is 13.5. The summed E-state index contributed by atoms with van der Waals surface area (Å²) in [5.41, 5.74) is 2.07. The SMILES string of the molecule is OCCNc1ccc(-c2nc3c(F)c(F)ccc3[nH]2)cc1. The second kappa shape index (κ2) is 5.49. The summed E-state index contributed by atoms with van der Waals surface area (Å²) in [4.78, 5) is 7.07. The number of H-pyrrole nitrogens is 1. The van der Waals surface area contributed by atoms with Gasteiger partial charge in [-0.05, 0) is 36.4 Å². The first-order chi connectivity index (χ1) is 10.2. The monoisotopic (exact) mass is 289 g/mol. The van der Waals surface area contributed by atoms with Crippen molar-refractivity contribution in [1.82, 2.24) is 9.97 Å². The minimum atomic E-state index is -0.948. The summed E-state index contributed by atoms with van der Waals surface area (Å²) in [6.07, 6.45) is 0. The van der Waals surface area contributed by atoms with E-state index in [-0.39, 0.29) is 12.1 Å². The smallest absolute Gasteiger partial charge is 0.186 e. The molecule has 0 amide bonds. The number of aromatic amines is 1. The molecule has 2 aromatic carbocycles. The topological polar surface area (TPSA) is 60.9 Å². The summed E-state index contributed by atoms with van der Waals surface area (Å²) >= 11 is 0. The number of nitrogens with one attached hydrogen (secondary N) is 2. The van der Waals surface area contributed by atoms with Gasteiger partial charge in [0.25, 0.3) is 0 Å². The molecule has 0 atom stereocenters. The Balaban J connectivity index is 1.95. The molecule has 0 radical (unpaired) electrons. The molecule has 0 aliphatic heterocycles. The molecule has 4 nitrogen and oxygen atoms in total. The number of imidazole rings is 1. The summed E-state index contributed by atoms with van der Waals surface area (Å²) in [6.45, 7) is 0.518. The predicted molar refractivity (Wildman–Crippen MR) is 77.0 cm³/mol. The van der Waals surface area contributed by atoms with E-state index in [4.69, 9.17) is 5.11 Å². The van der Waals surface area contributed by atoms with Crippen LogP contribution < -0.4 is 5.32 Å². The molecule has 3 N–H and O–H groups in total. The highest BCUT2D eigenvalue weighted by Gasteiger charge is 2.12. The lowest BCUT2D eigenvalue weighted by Crippen LogP contribution is -2.04. The van der Waals surface area contributed by atoms with Crippen LogP contribution in [0.5, 0.6) is 0 Å². The fourth-order valence-corrected chi connectivity index (χ4v) is 2.10. The largest absolute Gasteiger partial charge is 0.395 e. The van der Waals surface area contributed by atoms with Crippen molar-refractivity contribution >= 4 is 16.7 Å². The number of nitrogens with zero attached hydrogens (tertiary/aromatic N) is 1. The van der Waals surface area contributed by atoms with Crippen LogP contribution in [0.1, 0.15) is 0 Å². The number of fused-ring (bicyclic) bond motifs is 1. The van der Waals surface area contributed by atoms with Gasteiger partial charge in [-0.3, -0.25) is 0 Å². The molecule has 0 aliphatic carbocycles. The van der Waals surface area contributed by atoms with Crippen LogP contribution in [0.2, 0.25) is 0 Å². The van der Waals surface area contributed by atoms with Crippen molar-refractivity contribution < 1.29 is 13.9 Å². The van der Waals surface area contributed by atoms with Gasteiger partial charge in [0.05, 0.1) is 12.1 Å². The van der Waals surface area contributed by atoms with Crippen molar-refractivity contribution in [2.75, 3.05) is 18.5 Å². The van der Waals surface area contributed by atoms with Gasteiger partial charge in [-0.25, -0.2) is 13.8 Å². The molecule has 0 saturated carbocycles. The van der Waals surface area contributed by atoms with Crippen LogP contribution in [0.4, 0.5) is 14.5 Å². The Labute approximate surface area is 119 Å². The minimum absolute atomic E-state index is 0.00696. The predicted octanol–water partition coefficient (Wildman–Crippen LogP) is 2.91. The molecule has 0 saturated heterocycles. The van der Waals surface area contributed by atoms with Crippen LogP contribution in [0.15, 0.2) is 36.4 Å². The van der Waals surface area contributed by atoms with Crippen molar-refractivity contribution in [3.8, 4) is 11.4 Å². The van der Waals surface area contributed by atoms with Crippen molar-refractivity contribution in [1.29, 1.82) is 0 Å². The maximum Gasteiger partial charge on any atom is 0.186 e. The standard InChI is InChI=1S/C15H13F2N3O/c16-11-5-6-12-14(13(11)17)20-15(19-12)9-1-3-10(4-2-9)18-7-8-21/h1-6,18,21H,7-8H2,(H,19,20). The minimum Gasteiger partial charge on any atom is -0.395 e. The lowest BCUT2D eigenvalue weighted by atomic mass is 10.2. The van der Waals surface area contributed by atoms with Gasteiger partial charge < -0.3 is 15.4 Å². The van der Waals surface area contributed by atoms with Gasteiger partial charge in [0.2, 0.25) is 0 Å². The van der Waals surface area contributed by atoms with Gasteiger partial charge in [0.15, 0.2) is 11.6 Å². The van der Waals surface area contributed by atoms with E-state index in [1.807, 2.05) is 24.3 Å². The van der Waals surface area contributed by atoms with E-state index < -0.39 is 11.6 Å². The highest BCUT2D eigenvalue weighted by atomic mass is 19.2. The van der Waals surface area contributed by atoms with E-state index in [1.54, 1.807) is 0 Å². The lowest BCUT2D eigenvalue weighted by Gasteiger charge is -2.04.